The number of fused-ring (bicyclic) bond motifs is 2. The van der Waals surface area contributed by atoms with E-state index in [1.807, 2.05) is 42.5 Å². The maximum absolute atomic E-state index is 12.6. The molecule has 0 saturated carbocycles. The van der Waals surface area contributed by atoms with Gasteiger partial charge in [-0.25, -0.2) is 5.43 Å². The van der Waals surface area contributed by atoms with Crippen molar-refractivity contribution in [1.29, 1.82) is 0 Å². The molecule has 0 atom stereocenters. The standard InChI is InChI=1S/C27H29N3O2/c1-6-30-24-15-25(32-5)22(14-23(24)18(2)16-27(30,3)4)17-28-29-26(31)21-12-11-19-9-7-8-10-20(19)13-21/h7-17H,6H2,1-5H3,(H,29,31)/b28-17-. The Kier molecular flexibility index (Phi) is 5.74. The molecule has 3 aromatic carbocycles. The first-order chi connectivity index (χ1) is 15.3. The van der Waals surface area contributed by atoms with Gasteiger partial charge in [0.1, 0.15) is 5.75 Å². The van der Waals surface area contributed by atoms with E-state index < -0.39 is 0 Å². The average molecular weight is 428 g/mol. The minimum absolute atomic E-state index is 0.0692. The third kappa shape index (κ3) is 3.98. The van der Waals surface area contributed by atoms with Crippen LogP contribution in [0.4, 0.5) is 5.69 Å². The van der Waals surface area contributed by atoms with Crippen LogP contribution in [0.15, 0.2) is 65.8 Å². The van der Waals surface area contributed by atoms with E-state index in [1.54, 1.807) is 13.3 Å². The number of anilines is 1. The van der Waals surface area contributed by atoms with Gasteiger partial charge < -0.3 is 9.64 Å². The van der Waals surface area contributed by atoms with E-state index in [1.165, 1.54) is 5.57 Å². The van der Waals surface area contributed by atoms with Gasteiger partial charge in [-0.2, -0.15) is 5.10 Å². The molecule has 4 rings (SSSR count). The van der Waals surface area contributed by atoms with E-state index in [0.717, 1.165) is 39.9 Å². The summed E-state index contributed by atoms with van der Waals surface area (Å²) in [6, 6.07) is 17.7. The predicted molar refractivity (Wildman–Crippen MR) is 133 cm³/mol. The summed E-state index contributed by atoms with van der Waals surface area (Å²) in [6.45, 7) is 9.61. The molecule has 0 radical (unpaired) electrons. The largest absolute Gasteiger partial charge is 0.496 e. The Balaban J connectivity index is 1.60. The summed E-state index contributed by atoms with van der Waals surface area (Å²) < 4.78 is 5.65. The Morgan fingerprint density at radius 3 is 2.59 bits per heavy atom. The van der Waals surface area contributed by atoms with Crippen LogP contribution in [0.1, 0.15) is 49.2 Å². The molecule has 0 spiro atoms. The van der Waals surface area contributed by atoms with Crippen molar-refractivity contribution < 1.29 is 9.53 Å². The molecular formula is C27H29N3O2. The summed E-state index contributed by atoms with van der Waals surface area (Å²) in [5.41, 5.74) is 7.46. The summed E-state index contributed by atoms with van der Waals surface area (Å²) in [4.78, 5) is 15.0. The number of amides is 1. The lowest BCUT2D eigenvalue weighted by Gasteiger charge is -2.43. The molecule has 32 heavy (non-hydrogen) atoms. The van der Waals surface area contributed by atoms with Crippen LogP contribution in [-0.4, -0.2) is 31.3 Å². The lowest BCUT2D eigenvalue weighted by molar-refractivity contribution is 0.0955. The van der Waals surface area contributed by atoms with E-state index >= 15 is 0 Å². The monoisotopic (exact) mass is 427 g/mol. The van der Waals surface area contributed by atoms with E-state index in [0.29, 0.717) is 5.56 Å². The van der Waals surface area contributed by atoms with Crippen LogP contribution in [0.25, 0.3) is 16.3 Å². The van der Waals surface area contributed by atoms with Crippen molar-refractivity contribution in [3.63, 3.8) is 0 Å². The van der Waals surface area contributed by atoms with Crippen LogP contribution in [0.3, 0.4) is 0 Å². The lowest BCUT2D eigenvalue weighted by Crippen LogP contribution is -2.44. The minimum Gasteiger partial charge on any atom is -0.496 e. The Morgan fingerprint density at radius 1 is 1.12 bits per heavy atom. The number of ether oxygens (including phenoxy) is 1. The zero-order valence-electron chi connectivity index (χ0n) is 19.3. The Bertz CT molecular complexity index is 1240. The van der Waals surface area contributed by atoms with Gasteiger partial charge in [0.25, 0.3) is 5.91 Å². The SMILES string of the molecule is CCN1c2cc(OC)c(/C=N\NC(=O)c3ccc4ccccc4c3)cc2C(C)=CC1(C)C. The number of benzene rings is 3. The van der Waals surface area contributed by atoms with Crippen LogP contribution in [-0.2, 0) is 0 Å². The molecule has 1 amide bonds. The normalized spacial score (nSPS) is 14.9. The highest BCUT2D eigenvalue weighted by Gasteiger charge is 2.31. The number of allylic oxidation sites excluding steroid dienone is 1. The van der Waals surface area contributed by atoms with Crippen molar-refractivity contribution in [3.8, 4) is 5.75 Å². The van der Waals surface area contributed by atoms with E-state index in [-0.39, 0.29) is 11.4 Å². The highest BCUT2D eigenvalue weighted by molar-refractivity contribution is 5.99. The van der Waals surface area contributed by atoms with Crippen molar-refractivity contribution >= 4 is 34.2 Å². The topological polar surface area (TPSA) is 53.9 Å². The van der Waals surface area contributed by atoms with Crippen molar-refractivity contribution in [2.45, 2.75) is 33.2 Å². The van der Waals surface area contributed by atoms with Gasteiger partial charge in [0.05, 0.1) is 18.9 Å². The summed E-state index contributed by atoms with van der Waals surface area (Å²) in [6.07, 6.45) is 3.93. The number of carbonyl (C=O) groups excluding carboxylic acids is 1. The fourth-order valence-corrected chi connectivity index (χ4v) is 4.53. The first kappa shape index (κ1) is 21.6. The number of carbonyl (C=O) groups is 1. The fourth-order valence-electron chi connectivity index (χ4n) is 4.53. The first-order valence-corrected chi connectivity index (χ1v) is 10.9. The molecule has 1 aliphatic rings. The molecule has 0 aromatic heterocycles. The van der Waals surface area contributed by atoms with Crippen molar-refractivity contribution in [3.05, 3.63) is 77.4 Å². The van der Waals surface area contributed by atoms with Crippen molar-refractivity contribution in [2.75, 3.05) is 18.6 Å². The van der Waals surface area contributed by atoms with Crippen molar-refractivity contribution in [2.24, 2.45) is 5.10 Å². The smallest absolute Gasteiger partial charge is 0.271 e. The minimum atomic E-state index is -0.251. The molecule has 0 saturated heterocycles. The fraction of sp³-hybridized carbons (Fsp3) is 0.259. The summed E-state index contributed by atoms with van der Waals surface area (Å²) in [5.74, 6) is 0.468. The molecule has 5 nitrogen and oxygen atoms in total. The van der Waals surface area contributed by atoms with Crippen LogP contribution in [0.2, 0.25) is 0 Å². The van der Waals surface area contributed by atoms with Gasteiger partial charge in [0.15, 0.2) is 0 Å². The number of rotatable bonds is 5. The average Bonchev–Trinajstić information content (AvgIpc) is 2.78. The van der Waals surface area contributed by atoms with Crippen LogP contribution in [0, 0.1) is 0 Å². The summed E-state index contributed by atoms with van der Waals surface area (Å²) in [7, 11) is 1.65. The molecule has 0 bridgehead atoms. The van der Waals surface area contributed by atoms with E-state index in [4.69, 9.17) is 4.74 Å². The zero-order chi connectivity index (χ0) is 22.9. The molecule has 1 heterocycles. The number of nitrogens with zero attached hydrogens (tertiary/aromatic N) is 2. The molecule has 0 unspecified atom stereocenters. The van der Waals surface area contributed by atoms with E-state index in [2.05, 4.69) is 61.3 Å². The van der Waals surface area contributed by atoms with Gasteiger partial charge in [-0.15, -0.1) is 0 Å². The third-order valence-electron chi connectivity index (χ3n) is 6.03. The highest BCUT2D eigenvalue weighted by atomic mass is 16.5. The second kappa shape index (κ2) is 8.50. The number of likely N-dealkylation sites (N-methyl/N-ethyl adjacent to an activating group) is 1. The second-order valence-electron chi connectivity index (χ2n) is 8.60. The molecule has 0 fully saturated rings. The number of hydrogen-bond donors (Lipinski definition) is 1. The van der Waals surface area contributed by atoms with Crippen LogP contribution < -0.4 is 15.1 Å². The van der Waals surface area contributed by atoms with Gasteiger partial charge in [0.2, 0.25) is 0 Å². The second-order valence-corrected chi connectivity index (χ2v) is 8.60. The zero-order valence-corrected chi connectivity index (χ0v) is 19.3. The summed E-state index contributed by atoms with van der Waals surface area (Å²) in [5, 5.41) is 6.33. The van der Waals surface area contributed by atoms with Gasteiger partial charge in [-0.05, 0) is 62.2 Å². The van der Waals surface area contributed by atoms with Crippen LogP contribution >= 0.6 is 0 Å². The van der Waals surface area contributed by atoms with Crippen molar-refractivity contribution in [1.82, 2.24) is 5.43 Å². The Hall–Kier alpha value is -3.60. The number of nitrogens with one attached hydrogen (secondary N) is 1. The number of hydrogen-bond acceptors (Lipinski definition) is 4. The molecule has 5 heteroatoms. The van der Waals surface area contributed by atoms with Gasteiger partial charge in [-0.3, -0.25) is 4.79 Å². The molecule has 1 aliphatic heterocycles. The lowest BCUT2D eigenvalue weighted by atomic mass is 9.88. The third-order valence-corrected chi connectivity index (χ3v) is 6.03. The molecule has 0 aliphatic carbocycles. The quantitative estimate of drug-likeness (QED) is 0.424. The van der Waals surface area contributed by atoms with Crippen LogP contribution in [0.5, 0.6) is 5.75 Å². The molecule has 164 valence electrons. The van der Waals surface area contributed by atoms with Gasteiger partial charge in [0, 0.05) is 35.0 Å². The number of methoxy groups -OCH3 is 1. The summed E-state index contributed by atoms with van der Waals surface area (Å²) >= 11 is 0. The highest BCUT2D eigenvalue weighted by Crippen LogP contribution is 2.41. The van der Waals surface area contributed by atoms with Gasteiger partial charge >= 0.3 is 0 Å². The Morgan fingerprint density at radius 2 is 1.88 bits per heavy atom. The maximum Gasteiger partial charge on any atom is 0.271 e. The molecular weight excluding hydrogens is 398 g/mol. The Labute approximate surface area is 189 Å². The maximum atomic E-state index is 12.6. The van der Waals surface area contributed by atoms with E-state index in [9.17, 15) is 4.79 Å². The van der Waals surface area contributed by atoms with Gasteiger partial charge in [-0.1, -0.05) is 36.4 Å². The molecule has 1 N–H and O–H groups in total. The number of hydrazone groups is 1. The predicted octanol–water partition coefficient (Wildman–Crippen LogP) is 5.63. The first-order valence-electron chi connectivity index (χ1n) is 10.9. The molecule has 3 aromatic rings.